The third-order valence-electron chi connectivity index (χ3n) is 3.46. The van der Waals surface area contributed by atoms with Crippen LogP contribution in [0.1, 0.15) is 32.6 Å². The maximum Gasteiger partial charge on any atom is 0.167 e. The van der Waals surface area contributed by atoms with Crippen molar-refractivity contribution in [1.82, 2.24) is 0 Å². The number of nitrogens with two attached hydrogens (primary N) is 1. The fraction of sp³-hybridized carbons (Fsp3) is 0.571. The van der Waals surface area contributed by atoms with Crippen LogP contribution < -0.4 is 15.8 Å². The van der Waals surface area contributed by atoms with E-state index in [0.29, 0.717) is 18.0 Å². The van der Waals surface area contributed by atoms with E-state index < -0.39 is 5.82 Å². The first-order valence-corrected chi connectivity index (χ1v) is 6.76. The first-order valence-electron chi connectivity index (χ1n) is 6.76. The molecule has 1 aromatic rings. The molecule has 19 heavy (non-hydrogen) atoms. The summed E-state index contributed by atoms with van der Waals surface area (Å²) in [6.07, 6.45) is 3.17. The summed E-state index contributed by atoms with van der Waals surface area (Å²) in [4.78, 5) is 0. The van der Waals surface area contributed by atoms with Gasteiger partial charge in [0.15, 0.2) is 11.6 Å². The molecule has 1 aliphatic carbocycles. The molecule has 0 bridgehead atoms. The van der Waals surface area contributed by atoms with E-state index in [4.69, 9.17) is 10.5 Å². The van der Waals surface area contributed by atoms with Gasteiger partial charge in [0.1, 0.15) is 0 Å². The first kappa shape index (κ1) is 13.9. The summed E-state index contributed by atoms with van der Waals surface area (Å²) < 4.78 is 18.8. The van der Waals surface area contributed by atoms with E-state index in [2.05, 4.69) is 5.32 Å². The van der Waals surface area contributed by atoms with E-state index in [1.54, 1.807) is 6.07 Å². The van der Waals surface area contributed by atoms with Gasteiger partial charge in [0.25, 0.3) is 0 Å². The minimum atomic E-state index is -0.441. The Labute approximate surface area is 112 Å². The number of ether oxygens (including phenoxy) is 1. The Morgan fingerprint density at radius 1 is 1.37 bits per heavy atom. The summed E-state index contributed by atoms with van der Waals surface area (Å²) in [6.45, 7) is 2.22. The van der Waals surface area contributed by atoms with Gasteiger partial charge < -0.3 is 20.9 Å². The summed E-state index contributed by atoms with van der Waals surface area (Å²) in [6, 6.07) is 3.16. The van der Waals surface area contributed by atoms with Gasteiger partial charge in [-0.2, -0.15) is 0 Å². The predicted octanol–water partition coefficient (Wildman–Crippen LogP) is 2.52. The van der Waals surface area contributed by atoms with E-state index in [9.17, 15) is 9.50 Å². The lowest BCUT2D eigenvalue weighted by Gasteiger charge is -2.27. The topological polar surface area (TPSA) is 67.5 Å². The molecule has 0 unspecified atom stereocenters. The Morgan fingerprint density at radius 2 is 2.05 bits per heavy atom. The third-order valence-corrected chi connectivity index (χ3v) is 3.46. The Morgan fingerprint density at radius 3 is 2.68 bits per heavy atom. The van der Waals surface area contributed by atoms with Gasteiger partial charge in [-0.25, -0.2) is 4.39 Å². The second-order valence-electron chi connectivity index (χ2n) is 4.95. The van der Waals surface area contributed by atoms with Crippen molar-refractivity contribution in [2.75, 3.05) is 17.7 Å². The Balaban J connectivity index is 2.08. The molecular formula is C14H21FN2O2. The van der Waals surface area contributed by atoms with E-state index in [-0.39, 0.29) is 17.9 Å². The zero-order chi connectivity index (χ0) is 13.8. The molecule has 0 saturated heterocycles. The number of aliphatic hydroxyl groups excluding tert-OH is 1. The number of anilines is 2. The number of benzene rings is 1. The molecule has 1 fully saturated rings. The van der Waals surface area contributed by atoms with Crippen molar-refractivity contribution in [3.63, 3.8) is 0 Å². The highest BCUT2D eigenvalue weighted by Gasteiger charge is 2.20. The quantitative estimate of drug-likeness (QED) is 0.734. The lowest BCUT2D eigenvalue weighted by molar-refractivity contribution is 0.126. The summed E-state index contributed by atoms with van der Waals surface area (Å²) >= 11 is 0. The van der Waals surface area contributed by atoms with Crippen molar-refractivity contribution in [2.45, 2.75) is 44.8 Å². The lowest BCUT2D eigenvalue weighted by atomic mass is 9.93. The minimum absolute atomic E-state index is 0.192. The van der Waals surface area contributed by atoms with Crippen molar-refractivity contribution < 1.29 is 14.2 Å². The monoisotopic (exact) mass is 268 g/mol. The number of nitrogens with one attached hydrogen (secondary N) is 1. The fourth-order valence-corrected chi connectivity index (χ4v) is 2.40. The van der Waals surface area contributed by atoms with Crippen molar-refractivity contribution in [3.8, 4) is 5.75 Å². The summed E-state index contributed by atoms with van der Waals surface area (Å²) in [5, 5.41) is 12.8. The SMILES string of the molecule is CCOc1cc(NC2CCC(O)CC2)c(N)cc1F. The first-order chi connectivity index (χ1) is 9.10. The van der Waals surface area contributed by atoms with Gasteiger partial charge in [-0.05, 0) is 32.6 Å². The average molecular weight is 268 g/mol. The molecule has 0 atom stereocenters. The molecule has 4 nitrogen and oxygen atoms in total. The number of halogens is 1. The van der Waals surface area contributed by atoms with Crippen LogP contribution in [-0.2, 0) is 0 Å². The molecular weight excluding hydrogens is 247 g/mol. The molecule has 0 spiro atoms. The predicted molar refractivity (Wildman–Crippen MR) is 73.9 cm³/mol. The molecule has 0 radical (unpaired) electrons. The van der Waals surface area contributed by atoms with E-state index >= 15 is 0 Å². The highest BCUT2D eigenvalue weighted by atomic mass is 19.1. The number of hydrogen-bond acceptors (Lipinski definition) is 4. The number of nitrogen functional groups attached to an aromatic ring is 1. The Hall–Kier alpha value is -1.49. The second kappa shape index (κ2) is 6.10. The summed E-state index contributed by atoms with van der Waals surface area (Å²) in [7, 11) is 0. The van der Waals surface area contributed by atoms with Gasteiger partial charge in [0.2, 0.25) is 0 Å². The van der Waals surface area contributed by atoms with Gasteiger partial charge in [-0.1, -0.05) is 0 Å². The zero-order valence-electron chi connectivity index (χ0n) is 11.2. The molecule has 106 valence electrons. The molecule has 1 saturated carbocycles. The van der Waals surface area contributed by atoms with Crippen LogP contribution in [0.25, 0.3) is 0 Å². The number of hydrogen-bond donors (Lipinski definition) is 3. The molecule has 4 N–H and O–H groups in total. The molecule has 0 amide bonds. The van der Waals surface area contributed by atoms with Crippen LogP contribution in [0, 0.1) is 5.82 Å². The van der Waals surface area contributed by atoms with Crippen LogP contribution in [0.15, 0.2) is 12.1 Å². The largest absolute Gasteiger partial charge is 0.491 e. The number of rotatable bonds is 4. The van der Waals surface area contributed by atoms with E-state index in [1.165, 1.54) is 6.07 Å². The molecule has 1 aliphatic rings. The van der Waals surface area contributed by atoms with Crippen molar-refractivity contribution >= 4 is 11.4 Å². The minimum Gasteiger partial charge on any atom is -0.491 e. The molecule has 1 aromatic carbocycles. The highest BCUT2D eigenvalue weighted by Crippen LogP contribution is 2.31. The van der Waals surface area contributed by atoms with E-state index in [0.717, 1.165) is 25.7 Å². The van der Waals surface area contributed by atoms with Crippen LogP contribution in [0.3, 0.4) is 0 Å². The molecule has 2 rings (SSSR count). The smallest absolute Gasteiger partial charge is 0.167 e. The van der Waals surface area contributed by atoms with E-state index in [1.807, 2.05) is 6.92 Å². The maximum absolute atomic E-state index is 13.6. The Bertz CT molecular complexity index is 432. The summed E-state index contributed by atoms with van der Waals surface area (Å²) in [5.41, 5.74) is 6.91. The van der Waals surface area contributed by atoms with Crippen LogP contribution in [0.2, 0.25) is 0 Å². The van der Waals surface area contributed by atoms with Crippen LogP contribution >= 0.6 is 0 Å². The Kier molecular flexibility index (Phi) is 4.47. The van der Waals surface area contributed by atoms with Gasteiger partial charge >= 0.3 is 0 Å². The molecule has 0 aliphatic heterocycles. The van der Waals surface area contributed by atoms with Gasteiger partial charge in [0.05, 0.1) is 24.1 Å². The van der Waals surface area contributed by atoms with Crippen LogP contribution in [0.5, 0.6) is 5.75 Å². The zero-order valence-corrected chi connectivity index (χ0v) is 11.2. The molecule has 0 heterocycles. The average Bonchev–Trinajstić information content (AvgIpc) is 2.38. The highest BCUT2D eigenvalue weighted by molar-refractivity contribution is 5.69. The van der Waals surface area contributed by atoms with Crippen LogP contribution in [0.4, 0.5) is 15.8 Å². The maximum atomic E-state index is 13.6. The van der Waals surface area contributed by atoms with Crippen molar-refractivity contribution in [1.29, 1.82) is 0 Å². The van der Waals surface area contributed by atoms with Crippen molar-refractivity contribution in [2.24, 2.45) is 0 Å². The molecule has 0 aromatic heterocycles. The third kappa shape index (κ3) is 3.50. The van der Waals surface area contributed by atoms with Crippen LogP contribution in [-0.4, -0.2) is 23.9 Å². The normalized spacial score (nSPS) is 23.1. The van der Waals surface area contributed by atoms with Crippen molar-refractivity contribution in [3.05, 3.63) is 17.9 Å². The summed E-state index contributed by atoms with van der Waals surface area (Å²) in [5.74, 6) is -0.223. The molecule has 5 heteroatoms. The second-order valence-corrected chi connectivity index (χ2v) is 4.95. The lowest BCUT2D eigenvalue weighted by Crippen LogP contribution is -2.28. The standard InChI is InChI=1S/C14H21FN2O2/c1-2-19-14-8-13(12(16)7-11(14)15)17-9-3-5-10(18)6-4-9/h7-10,17-18H,2-6,16H2,1H3. The van der Waals surface area contributed by atoms with Gasteiger partial charge in [-0.15, -0.1) is 0 Å². The fourth-order valence-electron chi connectivity index (χ4n) is 2.40. The van der Waals surface area contributed by atoms with Gasteiger partial charge in [0, 0.05) is 18.2 Å². The number of aliphatic hydroxyl groups is 1. The van der Waals surface area contributed by atoms with Gasteiger partial charge in [-0.3, -0.25) is 0 Å².